The van der Waals surface area contributed by atoms with Crippen molar-refractivity contribution in [3.63, 3.8) is 0 Å². The van der Waals surface area contributed by atoms with Crippen molar-refractivity contribution in [3.05, 3.63) is 53.9 Å². The summed E-state index contributed by atoms with van der Waals surface area (Å²) in [6.07, 6.45) is 4.20. The van der Waals surface area contributed by atoms with E-state index in [0.717, 1.165) is 30.0 Å². The second-order valence-corrected chi connectivity index (χ2v) is 5.59. The molecule has 1 aromatic heterocycles. The highest BCUT2D eigenvalue weighted by Gasteiger charge is 2.30. The second-order valence-electron chi connectivity index (χ2n) is 5.59. The molecular formula is C18H20N2O3. The molecule has 23 heavy (non-hydrogen) atoms. The first-order chi connectivity index (χ1) is 11.2. The van der Waals surface area contributed by atoms with Crippen LogP contribution in [0.25, 0.3) is 0 Å². The fraction of sp³-hybridized carbons (Fsp3) is 0.333. The quantitative estimate of drug-likeness (QED) is 0.871. The molecule has 1 amide bonds. The zero-order valence-electron chi connectivity index (χ0n) is 13.4. The van der Waals surface area contributed by atoms with Crippen LogP contribution < -0.4 is 9.47 Å². The van der Waals surface area contributed by atoms with Crippen molar-refractivity contribution in [1.29, 1.82) is 0 Å². The maximum Gasteiger partial charge on any atom is 0.255 e. The topological polar surface area (TPSA) is 51.7 Å². The molecule has 0 N–H and O–H groups in total. The number of carbonyl (C=O) groups is 1. The van der Waals surface area contributed by atoms with E-state index < -0.39 is 0 Å². The van der Waals surface area contributed by atoms with E-state index in [2.05, 4.69) is 4.98 Å². The molecule has 2 aromatic rings. The molecule has 0 aliphatic carbocycles. The third-order valence-electron chi connectivity index (χ3n) is 4.26. The highest BCUT2D eigenvalue weighted by Crippen LogP contribution is 2.36. The molecule has 0 bridgehead atoms. The highest BCUT2D eigenvalue weighted by atomic mass is 16.5. The molecule has 1 aliphatic rings. The van der Waals surface area contributed by atoms with E-state index in [9.17, 15) is 4.79 Å². The van der Waals surface area contributed by atoms with Crippen molar-refractivity contribution >= 4 is 5.91 Å². The Morgan fingerprint density at radius 3 is 2.83 bits per heavy atom. The normalized spacial score (nSPS) is 17.1. The molecule has 1 aromatic carbocycles. The van der Waals surface area contributed by atoms with Gasteiger partial charge in [-0.3, -0.25) is 9.78 Å². The number of rotatable bonds is 4. The molecular weight excluding hydrogens is 292 g/mol. The Morgan fingerprint density at radius 2 is 2.13 bits per heavy atom. The Morgan fingerprint density at radius 1 is 1.26 bits per heavy atom. The number of ether oxygens (including phenoxy) is 2. The zero-order chi connectivity index (χ0) is 16.2. The van der Waals surface area contributed by atoms with E-state index in [-0.39, 0.29) is 11.8 Å². The summed E-state index contributed by atoms with van der Waals surface area (Å²) in [5.41, 5.74) is 1.72. The predicted molar refractivity (Wildman–Crippen MR) is 87.0 cm³/mol. The minimum Gasteiger partial charge on any atom is -0.497 e. The summed E-state index contributed by atoms with van der Waals surface area (Å²) in [6, 6.07) is 9.39. The van der Waals surface area contributed by atoms with E-state index in [1.54, 1.807) is 38.7 Å². The number of hydrogen-bond acceptors (Lipinski definition) is 4. The van der Waals surface area contributed by atoms with Gasteiger partial charge in [-0.15, -0.1) is 0 Å². The van der Waals surface area contributed by atoms with Gasteiger partial charge in [-0.1, -0.05) is 0 Å². The molecule has 2 heterocycles. The summed E-state index contributed by atoms with van der Waals surface area (Å²) in [5.74, 6) is 1.92. The first kappa shape index (κ1) is 15.3. The molecule has 120 valence electrons. The molecule has 0 saturated carbocycles. The third-order valence-corrected chi connectivity index (χ3v) is 4.26. The summed E-state index contributed by atoms with van der Waals surface area (Å²) >= 11 is 0. The van der Waals surface area contributed by atoms with Gasteiger partial charge in [0.2, 0.25) is 0 Å². The van der Waals surface area contributed by atoms with E-state index in [0.29, 0.717) is 12.1 Å². The van der Waals surface area contributed by atoms with Crippen molar-refractivity contribution in [2.24, 2.45) is 0 Å². The summed E-state index contributed by atoms with van der Waals surface area (Å²) in [4.78, 5) is 18.4. The predicted octanol–water partition coefficient (Wildman–Crippen LogP) is 2.73. The molecule has 0 spiro atoms. The van der Waals surface area contributed by atoms with Gasteiger partial charge in [-0.2, -0.15) is 0 Å². The Kier molecular flexibility index (Phi) is 4.46. The molecule has 5 nitrogen and oxygen atoms in total. The van der Waals surface area contributed by atoms with Gasteiger partial charge in [0.15, 0.2) is 0 Å². The standard InChI is InChI=1S/C18H20N2O3/c1-22-15-5-6-17(23-2)16(10-15)14-7-9-20(12-14)18(21)13-4-3-8-19-11-13/h3-6,8,10-11,14H,7,9,12H2,1-2H3/t14-/m0/s1. The van der Waals surface area contributed by atoms with E-state index >= 15 is 0 Å². The first-order valence-electron chi connectivity index (χ1n) is 7.64. The molecule has 5 heteroatoms. The van der Waals surface area contributed by atoms with Crippen molar-refractivity contribution in [2.45, 2.75) is 12.3 Å². The molecule has 1 saturated heterocycles. The number of amides is 1. The largest absolute Gasteiger partial charge is 0.497 e. The lowest BCUT2D eigenvalue weighted by molar-refractivity contribution is 0.0790. The van der Waals surface area contributed by atoms with Crippen LogP contribution in [0.4, 0.5) is 0 Å². The van der Waals surface area contributed by atoms with Crippen LogP contribution in [-0.2, 0) is 0 Å². The Hall–Kier alpha value is -2.56. The Balaban J connectivity index is 1.79. The second kappa shape index (κ2) is 6.69. The van der Waals surface area contributed by atoms with Crippen molar-refractivity contribution in [1.82, 2.24) is 9.88 Å². The minimum atomic E-state index is 0.0301. The van der Waals surface area contributed by atoms with Gasteiger partial charge in [0.05, 0.1) is 19.8 Å². The van der Waals surface area contributed by atoms with Gasteiger partial charge in [0, 0.05) is 37.0 Å². The van der Waals surface area contributed by atoms with Crippen LogP contribution in [0.3, 0.4) is 0 Å². The van der Waals surface area contributed by atoms with Crippen LogP contribution in [0, 0.1) is 0 Å². The minimum absolute atomic E-state index is 0.0301. The Labute approximate surface area is 135 Å². The number of likely N-dealkylation sites (tertiary alicyclic amines) is 1. The van der Waals surface area contributed by atoms with Gasteiger partial charge in [0.1, 0.15) is 11.5 Å². The summed E-state index contributed by atoms with van der Waals surface area (Å²) in [5, 5.41) is 0. The number of methoxy groups -OCH3 is 2. The zero-order valence-corrected chi connectivity index (χ0v) is 13.4. The van der Waals surface area contributed by atoms with Gasteiger partial charge in [0.25, 0.3) is 5.91 Å². The van der Waals surface area contributed by atoms with Gasteiger partial charge in [-0.25, -0.2) is 0 Å². The van der Waals surface area contributed by atoms with Crippen LogP contribution >= 0.6 is 0 Å². The summed E-state index contributed by atoms with van der Waals surface area (Å²) < 4.78 is 10.8. The lowest BCUT2D eigenvalue weighted by atomic mass is 9.97. The fourth-order valence-corrected chi connectivity index (χ4v) is 3.03. The number of carbonyl (C=O) groups excluding carboxylic acids is 1. The van der Waals surface area contributed by atoms with Gasteiger partial charge >= 0.3 is 0 Å². The average Bonchev–Trinajstić information content (AvgIpc) is 3.11. The highest BCUT2D eigenvalue weighted by molar-refractivity contribution is 5.94. The number of nitrogens with zero attached hydrogens (tertiary/aromatic N) is 2. The maximum atomic E-state index is 12.5. The van der Waals surface area contributed by atoms with Gasteiger partial charge < -0.3 is 14.4 Å². The van der Waals surface area contributed by atoms with Crippen LogP contribution in [0.5, 0.6) is 11.5 Å². The summed E-state index contributed by atoms with van der Waals surface area (Å²) in [7, 11) is 3.32. The molecule has 1 fully saturated rings. The fourth-order valence-electron chi connectivity index (χ4n) is 3.03. The summed E-state index contributed by atoms with van der Waals surface area (Å²) in [6.45, 7) is 1.41. The van der Waals surface area contributed by atoms with Gasteiger partial charge in [-0.05, 0) is 36.8 Å². The molecule has 1 atom stereocenters. The number of aromatic nitrogens is 1. The molecule has 0 radical (unpaired) electrons. The number of benzene rings is 1. The monoisotopic (exact) mass is 312 g/mol. The average molecular weight is 312 g/mol. The first-order valence-corrected chi connectivity index (χ1v) is 7.64. The number of pyridine rings is 1. The van der Waals surface area contributed by atoms with Crippen LogP contribution in [0.2, 0.25) is 0 Å². The SMILES string of the molecule is COc1ccc(OC)c([C@H]2CCN(C(=O)c3cccnc3)C2)c1. The van der Waals surface area contributed by atoms with Crippen LogP contribution in [0.1, 0.15) is 28.3 Å². The van der Waals surface area contributed by atoms with Crippen molar-refractivity contribution in [3.8, 4) is 11.5 Å². The smallest absolute Gasteiger partial charge is 0.255 e. The molecule has 0 unspecified atom stereocenters. The Bertz CT molecular complexity index is 688. The molecule has 1 aliphatic heterocycles. The third kappa shape index (κ3) is 3.13. The van der Waals surface area contributed by atoms with Crippen LogP contribution in [-0.4, -0.2) is 43.1 Å². The lowest BCUT2D eigenvalue weighted by Crippen LogP contribution is -2.28. The van der Waals surface area contributed by atoms with Crippen molar-refractivity contribution in [2.75, 3.05) is 27.3 Å². The molecule has 3 rings (SSSR count). The lowest BCUT2D eigenvalue weighted by Gasteiger charge is -2.18. The van der Waals surface area contributed by atoms with Crippen molar-refractivity contribution < 1.29 is 14.3 Å². The van der Waals surface area contributed by atoms with Crippen LogP contribution in [0.15, 0.2) is 42.7 Å². The van der Waals surface area contributed by atoms with E-state index in [1.807, 2.05) is 23.1 Å². The maximum absolute atomic E-state index is 12.5. The number of hydrogen-bond donors (Lipinski definition) is 0. The van der Waals surface area contributed by atoms with E-state index in [1.165, 1.54) is 0 Å². The van der Waals surface area contributed by atoms with E-state index in [4.69, 9.17) is 9.47 Å².